The molecule has 2 unspecified atom stereocenters. The molecule has 1 saturated carbocycles. The van der Waals surface area contributed by atoms with Crippen LogP contribution in [0.4, 0.5) is 18.0 Å². The monoisotopic (exact) mass is 506 g/mol. The van der Waals surface area contributed by atoms with Crippen LogP contribution in [0.1, 0.15) is 66.5 Å². The van der Waals surface area contributed by atoms with Crippen LogP contribution in [0.3, 0.4) is 0 Å². The zero-order valence-corrected chi connectivity index (χ0v) is 20.2. The molecule has 2 aromatic rings. The first-order chi connectivity index (χ1) is 17.2. The number of aromatic nitrogens is 2. The first-order valence-corrected chi connectivity index (χ1v) is 12.7. The third-order valence-electron chi connectivity index (χ3n) is 8.09. The van der Waals surface area contributed by atoms with E-state index < -0.39 is 11.7 Å². The summed E-state index contributed by atoms with van der Waals surface area (Å²) in [6.45, 7) is 2.02. The summed E-state index contributed by atoms with van der Waals surface area (Å²) in [7, 11) is 0. The standard InChI is InChI=1S/C26H33F3N4O3/c27-26(28,29)20-3-1-17(2-4-20)18-11-19(23-12-21(30-31-23)13-25(16-34)7-8-25)15-33(14-18)24(36)32-9-5-22(35)6-10-32/h1-4,12,18-19,22,34-35H,5-11,13-16H2,(H,30,31). The molecule has 2 amide bonds. The van der Waals surface area contributed by atoms with Crippen LogP contribution in [0.15, 0.2) is 30.3 Å². The smallest absolute Gasteiger partial charge is 0.396 e. The fraction of sp³-hybridized carbons (Fsp3) is 0.615. The Morgan fingerprint density at radius 1 is 1.08 bits per heavy atom. The van der Waals surface area contributed by atoms with E-state index in [-0.39, 0.29) is 36.0 Å². The van der Waals surface area contributed by atoms with Gasteiger partial charge in [0.2, 0.25) is 0 Å². The van der Waals surface area contributed by atoms with E-state index >= 15 is 0 Å². The lowest BCUT2D eigenvalue weighted by Gasteiger charge is -2.41. The highest BCUT2D eigenvalue weighted by Crippen LogP contribution is 2.48. The summed E-state index contributed by atoms with van der Waals surface area (Å²) in [5, 5.41) is 27.1. The molecule has 1 aromatic heterocycles. The Kier molecular flexibility index (Phi) is 6.76. The van der Waals surface area contributed by atoms with Crippen LogP contribution in [-0.2, 0) is 12.6 Å². The average molecular weight is 507 g/mol. The van der Waals surface area contributed by atoms with Gasteiger partial charge in [0.25, 0.3) is 0 Å². The first kappa shape index (κ1) is 25.1. The highest BCUT2D eigenvalue weighted by Gasteiger charge is 2.43. The van der Waals surface area contributed by atoms with Gasteiger partial charge < -0.3 is 20.0 Å². The second-order valence-electron chi connectivity index (χ2n) is 10.8. The maximum absolute atomic E-state index is 13.4. The van der Waals surface area contributed by atoms with Crippen LogP contribution in [0.2, 0.25) is 0 Å². The third kappa shape index (κ3) is 5.39. The Morgan fingerprint density at radius 3 is 2.36 bits per heavy atom. The molecule has 0 radical (unpaired) electrons. The van der Waals surface area contributed by atoms with Crippen molar-refractivity contribution in [2.75, 3.05) is 32.8 Å². The van der Waals surface area contributed by atoms with E-state index in [2.05, 4.69) is 10.2 Å². The topological polar surface area (TPSA) is 92.7 Å². The summed E-state index contributed by atoms with van der Waals surface area (Å²) >= 11 is 0. The zero-order chi connectivity index (χ0) is 25.5. The van der Waals surface area contributed by atoms with Gasteiger partial charge in [-0.05, 0) is 67.7 Å². The van der Waals surface area contributed by atoms with E-state index in [0.29, 0.717) is 45.4 Å². The number of nitrogens with zero attached hydrogens (tertiary/aromatic N) is 3. The Bertz CT molecular complexity index is 1060. The average Bonchev–Trinajstić information content (AvgIpc) is 3.50. The van der Waals surface area contributed by atoms with E-state index in [1.165, 1.54) is 12.1 Å². The summed E-state index contributed by atoms with van der Waals surface area (Å²) in [4.78, 5) is 17.0. The summed E-state index contributed by atoms with van der Waals surface area (Å²) in [6.07, 6.45) is -0.324. The van der Waals surface area contributed by atoms with Crippen LogP contribution < -0.4 is 0 Å². The summed E-state index contributed by atoms with van der Waals surface area (Å²) in [5.74, 6) is -0.197. The lowest BCUT2D eigenvalue weighted by Crippen LogP contribution is -2.51. The van der Waals surface area contributed by atoms with Crippen molar-refractivity contribution in [3.63, 3.8) is 0 Å². The maximum atomic E-state index is 13.4. The summed E-state index contributed by atoms with van der Waals surface area (Å²) < 4.78 is 39.3. The highest BCUT2D eigenvalue weighted by molar-refractivity contribution is 5.75. The molecule has 3 heterocycles. The fourth-order valence-electron chi connectivity index (χ4n) is 5.56. The molecule has 2 saturated heterocycles. The predicted molar refractivity (Wildman–Crippen MR) is 126 cm³/mol. The molecule has 36 heavy (non-hydrogen) atoms. The Hall–Kier alpha value is -2.59. The molecular weight excluding hydrogens is 473 g/mol. The predicted octanol–water partition coefficient (Wildman–Crippen LogP) is 3.89. The van der Waals surface area contributed by atoms with Gasteiger partial charge >= 0.3 is 12.2 Å². The van der Waals surface area contributed by atoms with Crippen molar-refractivity contribution >= 4 is 6.03 Å². The molecule has 3 N–H and O–H groups in total. The number of alkyl halides is 3. The molecule has 0 bridgehead atoms. The SMILES string of the molecule is O=C(N1CCC(O)CC1)N1CC(c2ccc(C(F)(F)F)cc2)CC(c2cc(CC3(CO)CC3)[nH]n2)C1. The molecule has 1 aliphatic carbocycles. The van der Waals surface area contributed by atoms with Gasteiger partial charge in [0.15, 0.2) is 0 Å². The van der Waals surface area contributed by atoms with Crippen molar-refractivity contribution in [1.29, 1.82) is 0 Å². The number of aromatic amines is 1. The highest BCUT2D eigenvalue weighted by atomic mass is 19.4. The number of amides is 2. The minimum Gasteiger partial charge on any atom is -0.396 e. The van der Waals surface area contributed by atoms with Gasteiger partial charge in [0.05, 0.1) is 17.4 Å². The van der Waals surface area contributed by atoms with Gasteiger partial charge in [0, 0.05) is 50.3 Å². The molecule has 0 spiro atoms. The lowest BCUT2D eigenvalue weighted by molar-refractivity contribution is -0.137. The Morgan fingerprint density at radius 2 is 1.75 bits per heavy atom. The van der Waals surface area contributed by atoms with Gasteiger partial charge in [-0.1, -0.05) is 12.1 Å². The minimum absolute atomic E-state index is 0.0556. The number of nitrogens with one attached hydrogen (secondary N) is 1. The van der Waals surface area contributed by atoms with Gasteiger partial charge in [-0.25, -0.2) is 4.79 Å². The molecule has 3 aliphatic rings. The van der Waals surface area contributed by atoms with Crippen LogP contribution in [-0.4, -0.2) is 75.1 Å². The second-order valence-corrected chi connectivity index (χ2v) is 10.8. The molecular formula is C26H33F3N4O3. The van der Waals surface area contributed by atoms with E-state index in [9.17, 15) is 28.2 Å². The van der Waals surface area contributed by atoms with Crippen molar-refractivity contribution in [3.05, 3.63) is 52.8 Å². The second kappa shape index (κ2) is 9.70. The molecule has 7 nitrogen and oxygen atoms in total. The number of aliphatic hydroxyl groups is 2. The van der Waals surface area contributed by atoms with Crippen LogP contribution >= 0.6 is 0 Å². The van der Waals surface area contributed by atoms with Gasteiger partial charge in [-0.2, -0.15) is 18.3 Å². The fourth-order valence-corrected chi connectivity index (χ4v) is 5.56. The summed E-state index contributed by atoms with van der Waals surface area (Å²) in [5.41, 5.74) is 1.82. The van der Waals surface area contributed by atoms with E-state index in [1.54, 1.807) is 9.80 Å². The zero-order valence-electron chi connectivity index (χ0n) is 20.2. The quantitative estimate of drug-likeness (QED) is 0.574. The number of benzene rings is 1. The number of aliphatic hydroxyl groups excluding tert-OH is 2. The van der Waals surface area contributed by atoms with E-state index in [1.807, 2.05) is 6.07 Å². The molecule has 2 aliphatic heterocycles. The van der Waals surface area contributed by atoms with Crippen LogP contribution in [0.5, 0.6) is 0 Å². The third-order valence-corrected chi connectivity index (χ3v) is 8.09. The number of rotatable bonds is 5. The number of H-pyrrole nitrogens is 1. The largest absolute Gasteiger partial charge is 0.416 e. The molecule has 10 heteroatoms. The minimum atomic E-state index is -4.40. The maximum Gasteiger partial charge on any atom is 0.416 e. The molecule has 5 rings (SSSR count). The number of hydrogen-bond acceptors (Lipinski definition) is 4. The van der Waals surface area contributed by atoms with Crippen molar-refractivity contribution in [1.82, 2.24) is 20.0 Å². The Balaban J connectivity index is 1.37. The van der Waals surface area contributed by atoms with Crippen LogP contribution in [0.25, 0.3) is 0 Å². The van der Waals surface area contributed by atoms with E-state index in [4.69, 9.17) is 0 Å². The number of halogens is 3. The molecule has 2 atom stereocenters. The molecule has 1 aromatic carbocycles. The van der Waals surface area contributed by atoms with Crippen molar-refractivity contribution in [2.45, 2.75) is 62.6 Å². The number of urea groups is 1. The number of hydrogen-bond donors (Lipinski definition) is 3. The normalized spacial score (nSPS) is 24.7. The van der Waals surface area contributed by atoms with Crippen molar-refractivity contribution in [2.24, 2.45) is 5.41 Å². The van der Waals surface area contributed by atoms with Gasteiger partial charge in [-0.3, -0.25) is 5.10 Å². The van der Waals surface area contributed by atoms with Gasteiger partial charge in [-0.15, -0.1) is 0 Å². The number of piperidine rings is 2. The first-order valence-electron chi connectivity index (χ1n) is 12.7. The molecule has 3 fully saturated rings. The van der Waals surface area contributed by atoms with Crippen molar-refractivity contribution < 1.29 is 28.2 Å². The number of likely N-dealkylation sites (tertiary alicyclic amines) is 2. The van der Waals surface area contributed by atoms with Gasteiger partial charge in [0.1, 0.15) is 0 Å². The number of carbonyl (C=O) groups excluding carboxylic acids is 1. The Labute approximate surface area is 208 Å². The lowest BCUT2D eigenvalue weighted by atomic mass is 9.82. The van der Waals surface area contributed by atoms with E-state index in [0.717, 1.165) is 48.3 Å². The van der Waals surface area contributed by atoms with Crippen molar-refractivity contribution in [3.8, 4) is 0 Å². The number of carbonyl (C=O) groups is 1. The summed E-state index contributed by atoms with van der Waals surface area (Å²) in [6, 6.07) is 7.15. The molecule has 196 valence electrons. The van der Waals surface area contributed by atoms with Crippen LogP contribution in [0, 0.1) is 5.41 Å².